The molecule has 1 unspecified atom stereocenters. The maximum Gasteiger partial charge on any atom is 0.0748 e. The van der Waals surface area contributed by atoms with Crippen LogP contribution in [-0.4, -0.2) is 12.8 Å². The minimum atomic E-state index is -0.109. The predicted molar refractivity (Wildman–Crippen MR) is 81.6 cm³/mol. The third-order valence-electron chi connectivity index (χ3n) is 3.14. The first-order valence-electron chi connectivity index (χ1n) is 6.29. The molecular weight excluding hydrogens is 232 g/mol. The molecule has 2 heteroatoms. The summed E-state index contributed by atoms with van der Waals surface area (Å²) in [6.07, 6.45) is 1.82. The van der Waals surface area contributed by atoms with Crippen LogP contribution >= 0.6 is 0 Å². The normalized spacial score (nSPS) is 11.8. The van der Waals surface area contributed by atoms with E-state index >= 15 is 0 Å². The zero-order chi connectivity index (χ0) is 13.7. The molecule has 0 radical (unpaired) electrons. The smallest absolute Gasteiger partial charge is 0.0748 e. The highest BCUT2D eigenvalue weighted by Gasteiger charge is 2.16. The van der Waals surface area contributed by atoms with Gasteiger partial charge in [-0.1, -0.05) is 61.2 Å². The largest absolute Gasteiger partial charge is 0.308 e. The van der Waals surface area contributed by atoms with Crippen LogP contribution in [0.4, 0.5) is 0 Å². The van der Waals surface area contributed by atoms with Crippen molar-refractivity contribution in [3.05, 3.63) is 77.9 Å². The molecule has 2 aromatic rings. The Morgan fingerprint density at radius 1 is 1.16 bits per heavy atom. The van der Waals surface area contributed by atoms with Gasteiger partial charge in [0.1, 0.15) is 0 Å². The number of benzene rings is 2. The highest BCUT2D eigenvalue weighted by molar-refractivity contribution is 6.02. The lowest BCUT2D eigenvalue weighted by atomic mass is 9.95. The van der Waals surface area contributed by atoms with Gasteiger partial charge in [0.2, 0.25) is 0 Å². The quantitative estimate of drug-likeness (QED) is 0.781. The third-order valence-corrected chi connectivity index (χ3v) is 3.14. The molecule has 0 fully saturated rings. The molecule has 2 N–H and O–H groups in total. The lowest BCUT2D eigenvalue weighted by molar-refractivity contribution is 0.746. The Balaban J connectivity index is 2.34. The summed E-state index contributed by atoms with van der Waals surface area (Å²) in [6, 6.07) is 17.8. The lowest BCUT2D eigenvalue weighted by Gasteiger charge is -2.18. The van der Waals surface area contributed by atoms with Crippen LogP contribution in [0.1, 0.15) is 22.7 Å². The van der Waals surface area contributed by atoms with Gasteiger partial charge in [-0.2, -0.15) is 0 Å². The summed E-state index contributed by atoms with van der Waals surface area (Å²) in [5.41, 5.74) is 3.66. The van der Waals surface area contributed by atoms with Crippen LogP contribution in [0.2, 0.25) is 0 Å². The summed E-state index contributed by atoms with van der Waals surface area (Å²) in [4.78, 5) is 0. The summed E-state index contributed by atoms with van der Waals surface area (Å²) in [5.74, 6) is 0. The minimum absolute atomic E-state index is 0.109. The Kier molecular flexibility index (Phi) is 4.26. The third kappa shape index (κ3) is 2.98. The topological polar surface area (TPSA) is 35.9 Å². The van der Waals surface area contributed by atoms with Crippen LogP contribution < -0.4 is 5.32 Å². The van der Waals surface area contributed by atoms with Crippen molar-refractivity contribution in [2.45, 2.75) is 6.04 Å². The van der Waals surface area contributed by atoms with Gasteiger partial charge in [0.25, 0.3) is 0 Å². The van der Waals surface area contributed by atoms with E-state index in [0.717, 1.165) is 16.7 Å². The van der Waals surface area contributed by atoms with Gasteiger partial charge < -0.3 is 10.7 Å². The average Bonchev–Trinajstić information content (AvgIpc) is 2.49. The molecule has 2 nitrogen and oxygen atoms in total. The van der Waals surface area contributed by atoms with Crippen LogP contribution in [0.5, 0.6) is 0 Å². The molecule has 0 saturated carbocycles. The zero-order valence-corrected chi connectivity index (χ0v) is 11.1. The van der Waals surface area contributed by atoms with E-state index in [9.17, 15) is 0 Å². The first-order valence-corrected chi connectivity index (χ1v) is 6.29. The van der Waals surface area contributed by atoms with E-state index in [4.69, 9.17) is 5.41 Å². The van der Waals surface area contributed by atoms with Crippen molar-refractivity contribution in [3.8, 4) is 0 Å². The highest BCUT2D eigenvalue weighted by Crippen LogP contribution is 2.19. The second kappa shape index (κ2) is 6.12. The fraction of sp³-hybridized carbons (Fsp3) is 0.118. The van der Waals surface area contributed by atoms with E-state index in [1.165, 1.54) is 0 Å². The van der Waals surface area contributed by atoms with Gasteiger partial charge in [-0.05, 0) is 29.8 Å². The Bertz CT molecular complexity index is 573. The molecule has 2 rings (SSSR count). The predicted octanol–water partition coefficient (Wildman–Crippen LogP) is 3.66. The molecule has 0 aliphatic heterocycles. The van der Waals surface area contributed by atoms with Gasteiger partial charge in [-0.25, -0.2) is 0 Å². The second-order valence-corrected chi connectivity index (χ2v) is 4.38. The maximum atomic E-state index is 8.36. The highest BCUT2D eigenvalue weighted by atomic mass is 14.9. The van der Waals surface area contributed by atoms with Crippen molar-refractivity contribution in [3.63, 3.8) is 0 Å². The van der Waals surface area contributed by atoms with Crippen molar-refractivity contribution in [2.75, 3.05) is 7.05 Å². The van der Waals surface area contributed by atoms with Gasteiger partial charge in [0, 0.05) is 0 Å². The standard InChI is InChI=1S/C17H18N2/c1-3-13-8-7-11-15(12-13)17(19-2)16(18)14-9-5-4-6-10-14/h3-12,17-19H,1H2,2H3. The Morgan fingerprint density at radius 2 is 1.89 bits per heavy atom. The lowest BCUT2D eigenvalue weighted by Crippen LogP contribution is -2.25. The molecule has 1 atom stereocenters. The molecule has 0 bridgehead atoms. The fourth-order valence-electron chi connectivity index (χ4n) is 2.13. The fourth-order valence-corrected chi connectivity index (χ4v) is 2.13. The summed E-state index contributed by atoms with van der Waals surface area (Å²) < 4.78 is 0. The molecule has 0 saturated heterocycles. The molecule has 0 aliphatic carbocycles. The Morgan fingerprint density at radius 3 is 2.53 bits per heavy atom. The van der Waals surface area contributed by atoms with Gasteiger partial charge >= 0.3 is 0 Å². The second-order valence-electron chi connectivity index (χ2n) is 4.38. The molecule has 19 heavy (non-hydrogen) atoms. The summed E-state index contributed by atoms with van der Waals surface area (Å²) in [6.45, 7) is 3.79. The monoisotopic (exact) mass is 250 g/mol. The molecule has 0 aromatic heterocycles. The minimum Gasteiger partial charge on any atom is -0.308 e. The maximum absolute atomic E-state index is 8.36. The SMILES string of the molecule is C=Cc1cccc(C(NC)C(=N)c2ccccc2)c1. The molecule has 2 aromatic carbocycles. The van der Waals surface area contributed by atoms with Crippen LogP contribution in [0.3, 0.4) is 0 Å². The molecule has 0 amide bonds. The Labute approximate surface area is 114 Å². The van der Waals surface area contributed by atoms with Gasteiger partial charge in [0.15, 0.2) is 0 Å². The van der Waals surface area contributed by atoms with Crippen molar-refractivity contribution in [1.29, 1.82) is 5.41 Å². The van der Waals surface area contributed by atoms with E-state index in [1.54, 1.807) is 0 Å². The van der Waals surface area contributed by atoms with Crippen LogP contribution in [0.15, 0.2) is 61.2 Å². The van der Waals surface area contributed by atoms with E-state index in [-0.39, 0.29) is 6.04 Å². The first kappa shape index (κ1) is 13.2. The summed E-state index contributed by atoms with van der Waals surface area (Å²) >= 11 is 0. The van der Waals surface area contributed by atoms with Crippen LogP contribution in [-0.2, 0) is 0 Å². The van der Waals surface area contributed by atoms with Crippen molar-refractivity contribution >= 4 is 11.8 Å². The van der Waals surface area contributed by atoms with E-state index in [0.29, 0.717) is 5.71 Å². The van der Waals surface area contributed by atoms with Crippen molar-refractivity contribution < 1.29 is 0 Å². The van der Waals surface area contributed by atoms with E-state index < -0.39 is 0 Å². The van der Waals surface area contributed by atoms with Crippen LogP contribution in [0.25, 0.3) is 6.08 Å². The molecule has 0 spiro atoms. The summed E-state index contributed by atoms with van der Waals surface area (Å²) in [5, 5.41) is 11.6. The Hall–Kier alpha value is -2.19. The number of likely N-dealkylation sites (N-methyl/N-ethyl adjacent to an activating group) is 1. The van der Waals surface area contributed by atoms with Gasteiger partial charge in [-0.15, -0.1) is 0 Å². The van der Waals surface area contributed by atoms with Crippen LogP contribution in [0, 0.1) is 5.41 Å². The zero-order valence-electron chi connectivity index (χ0n) is 11.1. The molecule has 0 aliphatic rings. The van der Waals surface area contributed by atoms with Crippen molar-refractivity contribution in [2.24, 2.45) is 0 Å². The van der Waals surface area contributed by atoms with Gasteiger partial charge in [0.05, 0.1) is 11.8 Å². The number of nitrogens with one attached hydrogen (secondary N) is 2. The van der Waals surface area contributed by atoms with E-state index in [1.807, 2.05) is 61.7 Å². The molecule has 96 valence electrons. The average molecular weight is 250 g/mol. The molecule has 0 heterocycles. The number of rotatable bonds is 5. The first-order chi connectivity index (χ1) is 9.26. The van der Waals surface area contributed by atoms with Gasteiger partial charge in [-0.3, -0.25) is 0 Å². The number of hydrogen-bond acceptors (Lipinski definition) is 2. The summed E-state index contributed by atoms with van der Waals surface area (Å²) in [7, 11) is 1.88. The molecular formula is C17H18N2. The number of hydrogen-bond donors (Lipinski definition) is 2. The van der Waals surface area contributed by atoms with E-state index in [2.05, 4.69) is 18.0 Å². The van der Waals surface area contributed by atoms with Crippen molar-refractivity contribution in [1.82, 2.24) is 5.32 Å².